The van der Waals surface area contributed by atoms with Crippen molar-refractivity contribution in [3.63, 3.8) is 0 Å². The standard InChI is InChI=1S/C23H23ClFN3O3S/c1-28(2)15-17-5-3-16(4-6-17)14-26-23(29)21-13-20(11-12-22(21)24)32(30,31)27-19-9-7-18(25)8-10-19/h3-13,27H,14-15H2,1-2H3,(H,26,29). The molecular weight excluding hydrogens is 453 g/mol. The van der Waals surface area contributed by atoms with Gasteiger partial charge in [0.15, 0.2) is 0 Å². The Morgan fingerprint density at radius 2 is 1.59 bits per heavy atom. The minimum Gasteiger partial charge on any atom is -0.348 e. The Bertz CT molecular complexity index is 1200. The Balaban J connectivity index is 1.71. The van der Waals surface area contributed by atoms with Crippen molar-refractivity contribution >= 4 is 33.2 Å². The third kappa shape index (κ3) is 6.29. The number of anilines is 1. The molecule has 32 heavy (non-hydrogen) atoms. The molecule has 168 valence electrons. The minimum atomic E-state index is -4.00. The van der Waals surface area contributed by atoms with Gasteiger partial charge in [0.25, 0.3) is 15.9 Å². The normalized spacial score (nSPS) is 11.4. The second kappa shape index (κ2) is 10.1. The van der Waals surface area contributed by atoms with Crippen LogP contribution < -0.4 is 10.0 Å². The lowest BCUT2D eigenvalue weighted by Gasteiger charge is -2.12. The average Bonchev–Trinajstić information content (AvgIpc) is 2.74. The van der Waals surface area contributed by atoms with Crippen LogP contribution >= 0.6 is 11.6 Å². The zero-order chi connectivity index (χ0) is 23.3. The highest BCUT2D eigenvalue weighted by Crippen LogP contribution is 2.23. The van der Waals surface area contributed by atoms with Crippen LogP contribution in [0.15, 0.2) is 71.6 Å². The van der Waals surface area contributed by atoms with Gasteiger partial charge in [-0.1, -0.05) is 35.9 Å². The summed E-state index contributed by atoms with van der Waals surface area (Å²) in [6.45, 7) is 1.08. The lowest BCUT2D eigenvalue weighted by atomic mass is 10.1. The van der Waals surface area contributed by atoms with E-state index in [1.165, 1.54) is 30.3 Å². The number of carbonyl (C=O) groups excluding carboxylic acids is 1. The molecule has 0 aliphatic rings. The molecule has 0 saturated heterocycles. The fourth-order valence-electron chi connectivity index (χ4n) is 2.98. The molecule has 0 atom stereocenters. The molecule has 2 N–H and O–H groups in total. The Morgan fingerprint density at radius 3 is 2.22 bits per heavy atom. The molecule has 0 spiro atoms. The van der Waals surface area contributed by atoms with E-state index < -0.39 is 21.7 Å². The fraction of sp³-hybridized carbons (Fsp3) is 0.174. The Hall–Kier alpha value is -2.94. The molecule has 0 heterocycles. The Kier molecular flexibility index (Phi) is 7.50. The van der Waals surface area contributed by atoms with Crippen LogP contribution in [0.1, 0.15) is 21.5 Å². The third-order valence-electron chi connectivity index (χ3n) is 4.56. The number of hydrogen-bond donors (Lipinski definition) is 2. The first-order valence-corrected chi connectivity index (χ1v) is 11.6. The molecule has 3 aromatic carbocycles. The molecule has 9 heteroatoms. The summed E-state index contributed by atoms with van der Waals surface area (Å²) < 4.78 is 40.8. The summed E-state index contributed by atoms with van der Waals surface area (Å²) in [5.41, 5.74) is 2.29. The minimum absolute atomic E-state index is 0.0397. The number of rotatable bonds is 8. The predicted octanol–water partition coefficient (Wildman–Crippen LogP) is 4.27. The van der Waals surface area contributed by atoms with Crippen molar-refractivity contribution in [2.24, 2.45) is 0 Å². The molecule has 3 rings (SSSR count). The van der Waals surface area contributed by atoms with Crippen molar-refractivity contribution in [2.75, 3.05) is 18.8 Å². The molecule has 0 aliphatic heterocycles. The SMILES string of the molecule is CN(C)Cc1ccc(CNC(=O)c2cc(S(=O)(=O)Nc3ccc(F)cc3)ccc2Cl)cc1. The molecule has 6 nitrogen and oxygen atoms in total. The van der Waals surface area contributed by atoms with Crippen LogP contribution in [0.2, 0.25) is 5.02 Å². The summed E-state index contributed by atoms with van der Waals surface area (Å²) in [6, 6.07) is 16.6. The van der Waals surface area contributed by atoms with E-state index in [9.17, 15) is 17.6 Å². The molecule has 1 amide bonds. The zero-order valence-electron chi connectivity index (χ0n) is 17.6. The smallest absolute Gasteiger partial charge is 0.261 e. The predicted molar refractivity (Wildman–Crippen MR) is 124 cm³/mol. The topological polar surface area (TPSA) is 78.5 Å². The van der Waals surface area contributed by atoms with Gasteiger partial charge in [-0.3, -0.25) is 9.52 Å². The number of sulfonamides is 1. The van der Waals surface area contributed by atoms with Crippen LogP contribution in [-0.4, -0.2) is 33.3 Å². The number of nitrogens with one attached hydrogen (secondary N) is 2. The molecule has 0 aromatic heterocycles. The van der Waals surface area contributed by atoms with Gasteiger partial charge in [-0.2, -0.15) is 0 Å². The number of benzene rings is 3. The van der Waals surface area contributed by atoms with Gasteiger partial charge >= 0.3 is 0 Å². The molecule has 0 radical (unpaired) electrons. The van der Waals surface area contributed by atoms with E-state index in [1.807, 2.05) is 38.4 Å². The number of amides is 1. The van der Waals surface area contributed by atoms with E-state index in [0.717, 1.165) is 29.8 Å². The zero-order valence-corrected chi connectivity index (χ0v) is 19.2. The highest BCUT2D eigenvalue weighted by Gasteiger charge is 2.19. The van der Waals surface area contributed by atoms with Gasteiger partial charge in [0, 0.05) is 18.8 Å². The largest absolute Gasteiger partial charge is 0.348 e. The highest BCUT2D eigenvalue weighted by molar-refractivity contribution is 7.92. The van der Waals surface area contributed by atoms with Crippen molar-refractivity contribution in [1.82, 2.24) is 10.2 Å². The molecular formula is C23H23ClFN3O3S. The second-order valence-electron chi connectivity index (χ2n) is 7.49. The molecule has 0 fully saturated rings. The molecule has 3 aromatic rings. The first kappa shape index (κ1) is 23.7. The van der Waals surface area contributed by atoms with Crippen molar-refractivity contribution in [1.29, 1.82) is 0 Å². The summed E-state index contributed by atoms with van der Waals surface area (Å²) in [6.07, 6.45) is 0. The van der Waals surface area contributed by atoms with Crippen LogP contribution in [0.25, 0.3) is 0 Å². The second-order valence-corrected chi connectivity index (χ2v) is 9.58. The van der Waals surface area contributed by atoms with Crippen LogP contribution in [0, 0.1) is 5.82 Å². The average molecular weight is 476 g/mol. The maximum absolute atomic E-state index is 13.1. The van der Waals surface area contributed by atoms with E-state index in [0.29, 0.717) is 0 Å². The van der Waals surface area contributed by atoms with Crippen molar-refractivity contribution in [3.8, 4) is 0 Å². The first-order valence-electron chi connectivity index (χ1n) is 9.73. The van der Waals surface area contributed by atoms with Gasteiger partial charge in [-0.25, -0.2) is 12.8 Å². The van der Waals surface area contributed by atoms with E-state index >= 15 is 0 Å². The number of carbonyl (C=O) groups is 1. The van der Waals surface area contributed by atoms with Crippen molar-refractivity contribution < 1.29 is 17.6 Å². The van der Waals surface area contributed by atoms with Crippen LogP contribution in [0.3, 0.4) is 0 Å². The number of hydrogen-bond acceptors (Lipinski definition) is 4. The summed E-state index contributed by atoms with van der Waals surface area (Å²) in [7, 11) is -0.0210. The van der Waals surface area contributed by atoms with Crippen molar-refractivity contribution in [2.45, 2.75) is 18.0 Å². The monoisotopic (exact) mass is 475 g/mol. The summed E-state index contributed by atoms with van der Waals surface area (Å²) >= 11 is 6.15. The summed E-state index contributed by atoms with van der Waals surface area (Å²) in [5, 5.41) is 2.89. The van der Waals surface area contributed by atoms with Gasteiger partial charge in [0.1, 0.15) is 5.82 Å². The lowest BCUT2D eigenvalue weighted by molar-refractivity contribution is 0.0951. The third-order valence-corrected chi connectivity index (χ3v) is 6.27. The van der Waals surface area contributed by atoms with E-state index in [1.54, 1.807) is 0 Å². The van der Waals surface area contributed by atoms with Gasteiger partial charge in [0.05, 0.1) is 15.5 Å². The number of nitrogens with zero attached hydrogens (tertiary/aromatic N) is 1. The Morgan fingerprint density at radius 1 is 0.969 bits per heavy atom. The maximum Gasteiger partial charge on any atom is 0.261 e. The molecule has 0 aliphatic carbocycles. The molecule has 0 unspecified atom stereocenters. The van der Waals surface area contributed by atoms with E-state index in [4.69, 9.17) is 11.6 Å². The number of halogens is 2. The van der Waals surface area contributed by atoms with Gasteiger partial charge in [-0.15, -0.1) is 0 Å². The molecule has 0 bridgehead atoms. The van der Waals surface area contributed by atoms with Crippen molar-refractivity contribution in [3.05, 3.63) is 94.3 Å². The summed E-state index contributed by atoms with van der Waals surface area (Å²) in [4.78, 5) is 14.6. The van der Waals surface area contributed by atoms with Gasteiger partial charge in [-0.05, 0) is 67.7 Å². The first-order chi connectivity index (χ1) is 15.1. The van der Waals surface area contributed by atoms with Crippen LogP contribution in [0.5, 0.6) is 0 Å². The lowest BCUT2D eigenvalue weighted by Crippen LogP contribution is -2.24. The van der Waals surface area contributed by atoms with E-state index in [-0.39, 0.29) is 27.7 Å². The van der Waals surface area contributed by atoms with Crippen LogP contribution in [0.4, 0.5) is 10.1 Å². The fourth-order valence-corrected chi connectivity index (χ4v) is 4.27. The van der Waals surface area contributed by atoms with Gasteiger partial charge in [0.2, 0.25) is 0 Å². The maximum atomic E-state index is 13.1. The summed E-state index contributed by atoms with van der Waals surface area (Å²) in [5.74, 6) is -0.975. The quantitative estimate of drug-likeness (QED) is 0.510. The van der Waals surface area contributed by atoms with Crippen LogP contribution in [-0.2, 0) is 23.1 Å². The van der Waals surface area contributed by atoms with E-state index in [2.05, 4.69) is 14.9 Å². The Labute approximate surface area is 192 Å². The molecule has 0 saturated carbocycles. The highest BCUT2D eigenvalue weighted by atomic mass is 35.5. The van der Waals surface area contributed by atoms with Gasteiger partial charge < -0.3 is 10.2 Å².